The summed E-state index contributed by atoms with van der Waals surface area (Å²) < 4.78 is 10.2. The smallest absolute Gasteiger partial charge is 0.318 e. The Labute approximate surface area is 124 Å². The highest BCUT2D eigenvalue weighted by Crippen LogP contribution is 2.32. The van der Waals surface area contributed by atoms with Gasteiger partial charge in [-0.05, 0) is 26.3 Å². The van der Waals surface area contributed by atoms with Crippen LogP contribution in [0.3, 0.4) is 0 Å². The van der Waals surface area contributed by atoms with Gasteiger partial charge < -0.3 is 9.47 Å². The highest BCUT2D eigenvalue weighted by atomic mass is 16.5. The number of carbonyl (C=O) groups excluding carboxylic acids is 3. The number of hydrogen-bond donors (Lipinski definition) is 0. The predicted molar refractivity (Wildman–Crippen MR) is 74.5 cm³/mol. The van der Waals surface area contributed by atoms with Crippen molar-refractivity contribution in [3.05, 3.63) is 0 Å². The number of rotatable bonds is 5. The normalized spacial score (nSPS) is 31.6. The Hall–Kier alpha value is -1.43. The Morgan fingerprint density at radius 2 is 2.05 bits per heavy atom. The van der Waals surface area contributed by atoms with Crippen molar-refractivity contribution in [2.45, 2.75) is 39.2 Å². The van der Waals surface area contributed by atoms with Gasteiger partial charge in [0.1, 0.15) is 12.5 Å². The average Bonchev–Trinajstić information content (AvgIpc) is 2.49. The summed E-state index contributed by atoms with van der Waals surface area (Å²) in [5, 5.41) is 0. The second-order valence-electron chi connectivity index (χ2n) is 5.57. The van der Waals surface area contributed by atoms with Crippen molar-refractivity contribution in [3.8, 4) is 0 Å². The summed E-state index contributed by atoms with van der Waals surface area (Å²) in [6.45, 7) is 5.24. The van der Waals surface area contributed by atoms with Crippen LogP contribution in [-0.4, -0.2) is 55.0 Å². The third-order valence-corrected chi connectivity index (χ3v) is 4.26. The van der Waals surface area contributed by atoms with Crippen molar-refractivity contribution in [1.82, 2.24) is 4.90 Å². The molecule has 0 saturated carbocycles. The monoisotopic (exact) mass is 297 g/mol. The summed E-state index contributed by atoms with van der Waals surface area (Å²) in [4.78, 5) is 38.1. The molecule has 118 valence electrons. The van der Waals surface area contributed by atoms with Crippen molar-refractivity contribution in [2.75, 3.05) is 26.3 Å². The topological polar surface area (TPSA) is 72.9 Å². The second kappa shape index (κ2) is 7.02. The number of hydrogen-bond acceptors (Lipinski definition) is 6. The summed E-state index contributed by atoms with van der Waals surface area (Å²) >= 11 is 0. The fourth-order valence-corrected chi connectivity index (χ4v) is 3.18. The largest absolute Gasteiger partial charge is 0.465 e. The van der Waals surface area contributed by atoms with E-state index in [1.54, 1.807) is 13.8 Å². The second-order valence-corrected chi connectivity index (χ2v) is 5.57. The van der Waals surface area contributed by atoms with Crippen LogP contribution in [0.4, 0.5) is 0 Å². The van der Waals surface area contributed by atoms with Gasteiger partial charge in [-0.25, -0.2) is 0 Å². The minimum absolute atomic E-state index is 0.0538. The number of Topliss-reactive ketones (excluding diaryl/α,β-unsaturated/α-hetero) is 1. The standard InChI is InChI=1S/C15H23NO5/c1-3-12(17)21-9-11-13(15(19)20-4-2)14(18)10-6-5-7-16(11)8-10/h10-11,13H,3-9H2,1-2H3. The molecule has 0 aromatic heterocycles. The van der Waals surface area contributed by atoms with Crippen LogP contribution in [-0.2, 0) is 23.9 Å². The van der Waals surface area contributed by atoms with Gasteiger partial charge in [0, 0.05) is 18.9 Å². The van der Waals surface area contributed by atoms with Crippen molar-refractivity contribution in [3.63, 3.8) is 0 Å². The fourth-order valence-electron chi connectivity index (χ4n) is 3.18. The van der Waals surface area contributed by atoms with Crippen LogP contribution in [0.5, 0.6) is 0 Å². The van der Waals surface area contributed by atoms with E-state index in [2.05, 4.69) is 4.90 Å². The maximum Gasteiger partial charge on any atom is 0.318 e. The zero-order chi connectivity index (χ0) is 15.4. The number of ketones is 1. The Bertz CT molecular complexity index is 422. The number of piperidine rings is 2. The van der Waals surface area contributed by atoms with Crippen LogP contribution < -0.4 is 0 Å². The van der Waals surface area contributed by atoms with Crippen LogP contribution in [0.25, 0.3) is 0 Å². The molecule has 2 aliphatic heterocycles. The van der Waals surface area contributed by atoms with Gasteiger partial charge >= 0.3 is 11.9 Å². The number of esters is 2. The predicted octanol–water partition coefficient (Wildman–Crippen LogP) is 0.782. The molecule has 0 amide bonds. The quantitative estimate of drug-likeness (QED) is 0.551. The number of carbonyl (C=O) groups is 3. The van der Waals surface area contributed by atoms with Crippen molar-refractivity contribution < 1.29 is 23.9 Å². The molecular formula is C15H23NO5. The van der Waals surface area contributed by atoms with Gasteiger partial charge in [-0.15, -0.1) is 0 Å². The Kier molecular flexibility index (Phi) is 5.33. The van der Waals surface area contributed by atoms with E-state index in [1.807, 2.05) is 0 Å². The average molecular weight is 297 g/mol. The molecule has 0 N–H and O–H groups in total. The molecule has 2 fully saturated rings. The summed E-state index contributed by atoms with van der Waals surface area (Å²) in [6, 6.07) is -0.386. The molecule has 0 aromatic rings. The molecule has 0 aliphatic carbocycles. The minimum atomic E-state index is -0.825. The highest BCUT2D eigenvalue weighted by Gasteiger charge is 2.48. The molecule has 0 spiro atoms. The number of ether oxygens (including phenoxy) is 2. The summed E-state index contributed by atoms with van der Waals surface area (Å²) in [7, 11) is 0. The van der Waals surface area contributed by atoms with E-state index in [0.29, 0.717) is 6.54 Å². The van der Waals surface area contributed by atoms with Gasteiger partial charge in [-0.3, -0.25) is 19.3 Å². The lowest BCUT2D eigenvalue weighted by Crippen LogP contribution is -2.60. The molecule has 4 atom stereocenters. The third-order valence-electron chi connectivity index (χ3n) is 4.26. The fraction of sp³-hybridized carbons (Fsp3) is 0.800. The SMILES string of the molecule is CCOC(=O)C1C(=O)C2CCCN(C2)C1COC(=O)CC. The van der Waals surface area contributed by atoms with Crippen LogP contribution in [0.15, 0.2) is 0 Å². The number of nitrogens with zero attached hydrogens (tertiary/aromatic N) is 1. The van der Waals surface area contributed by atoms with Crippen molar-refractivity contribution in [2.24, 2.45) is 11.8 Å². The summed E-state index contributed by atoms with van der Waals surface area (Å²) in [6.07, 6.45) is 2.05. The molecule has 6 nitrogen and oxygen atoms in total. The first-order valence-corrected chi connectivity index (χ1v) is 7.68. The first-order valence-electron chi connectivity index (χ1n) is 7.68. The zero-order valence-electron chi connectivity index (χ0n) is 12.7. The maximum absolute atomic E-state index is 12.5. The van der Waals surface area contributed by atoms with E-state index in [4.69, 9.17) is 9.47 Å². The van der Waals surface area contributed by atoms with Gasteiger partial charge in [-0.2, -0.15) is 0 Å². The van der Waals surface area contributed by atoms with Crippen LogP contribution in [0.1, 0.15) is 33.1 Å². The van der Waals surface area contributed by atoms with Crippen LogP contribution in [0, 0.1) is 11.8 Å². The van der Waals surface area contributed by atoms with E-state index in [1.165, 1.54) is 0 Å². The zero-order valence-corrected chi connectivity index (χ0v) is 12.7. The summed E-state index contributed by atoms with van der Waals surface area (Å²) in [5.41, 5.74) is 0. The van der Waals surface area contributed by atoms with E-state index in [0.717, 1.165) is 19.4 Å². The minimum Gasteiger partial charge on any atom is -0.465 e. The Balaban J connectivity index is 2.15. The lowest BCUT2D eigenvalue weighted by Gasteiger charge is -2.45. The van der Waals surface area contributed by atoms with Crippen LogP contribution >= 0.6 is 0 Å². The molecule has 2 heterocycles. The number of fused-ring (bicyclic) bond motifs is 2. The highest BCUT2D eigenvalue weighted by molar-refractivity contribution is 6.01. The van der Waals surface area contributed by atoms with Gasteiger partial charge in [0.25, 0.3) is 0 Å². The molecule has 21 heavy (non-hydrogen) atoms. The maximum atomic E-state index is 12.5. The molecule has 6 heteroatoms. The van der Waals surface area contributed by atoms with E-state index in [-0.39, 0.29) is 43.3 Å². The Morgan fingerprint density at radius 1 is 1.29 bits per heavy atom. The molecule has 0 radical (unpaired) electrons. The molecule has 2 aliphatic rings. The molecule has 2 rings (SSSR count). The molecular weight excluding hydrogens is 274 g/mol. The molecule has 2 saturated heterocycles. The third kappa shape index (κ3) is 3.43. The molecule has 0 aromatic carbocycles. The van der Waals surface area contributed by atoms with E-state index >= 15 is 0 Å². The lowest BCUT2D eigenvalue weighted by molar-refractivity contribution is -0.166. The van der Waals surface area contributed by atoms with Crippen molar-refractivity contribution >= 4 is 17.7 Å². The van der Waals surface area contributed by atoms with E-state index in [9.17, 15) is 14.4 Å². The van der Waals surface area contributed by atoms with E-state index < -0.39 is 11.9 Å². The van der Waals surface area contributed by atoms with Gasteiger partial charge in [-0.1, -0.05) is 6.92 Å². The van der Waals surface area contributed by atoms with Crippen molar-refractivity contribution in [1.29, 1.82) is 0 Å². The Morgan fingerprint density at radius 3 is 2.71 bits per heavy atom. The van der Waals surface area contributed by atoms with Gasteiger partial charge in [0.05, 0.1) is 12.6 Å². The molecule has 4 unspecified atom stereocenters. The van der Waals surface area contributed by atoms with Gasteiger partial charge in [0.15, 0.2) is 5.78 Å². The van der Waals surface area contributed by atoms with Gasteiger partial charge in [0.2, 0.25) is 0 Å². The summed E-state index contributed by atoms with van der Waals surface area (Å²) in [5.74, 6) is -1.78. The molecule has 2 bridgehead atoms. The lowest BCUT2D eigenvalue weighted by atomic mass is 9.77. The first-order chi connectivity index (χ1) is 10.1. The first kappa shape index (κ1) is 15.9. The van der Waals surface area contributed by atoms with Crippen LogP contribution in [0.2, 0.25) is 0 Å².